The number of rotatable bonds is 7. The second-order valence-electron chi connectivity index (χ2n) is 4.55. The van der Waals surface area contributed by atoms with Crippen LogP contribution in [0.4, 0.5) is 0 Å². The number of likely N-dealkylation sites (N-methyl/N-ethyl adjacent to an activating group) is 1. The first-order valence-electron chi connectivity index (χ1n) is 6.36. The van der Waals surface area contributed by atoms with Crippen molar-refractivity contribution in [3.05, 3.63) is 35.4 Å². The van der Waals surface area contributed by atoms with Crippen LogP contribution in [0.5, 0.6) is 0 Å². The van der Waals surface area contributed by atoms with E-state index >= 15 is 0 Å². The molecule has 0 radical (unpaired) electrons. The van der Waals surface area contributed by atoms with Crippen LogP contribution in [0, 0.1) is 0 Å². The molecule has 0 aliphatic heterocycles. The van der Waals surface area contributed by atoms with Gasteiger partial charge in [0.1, 0.15) is 0 Å². The third kappa shape index (κ3) is 5.29. The maximum atomic E-state index is 11.9. The molecule has 1 rings (SSSR count). The number of nitrogens with one attached hydrogen (secondary N) is 2. The van der Waals surface area contributed by atoms with Crippen molar-refractivity contribution in [2.75, 3.05) is 33.7 Å². The van der Waals surface area contributed by atoms with Gasteiger partial charge in [0.2, 0.25) is 0 Å². The van der Waals surface area contributed by atoms with E-state index in [0.29, 0.717) is 6.54 Å². The standard InChI is InChI=1S/C14H23N3O/c1-4-15-8-9-16-14(18)13-7-5-6-12(10-13)11-17(2)3/h5-7,10,15H,4,8-9,11H2,1-3H3,(H,16,18). The molecule has 0 spiro atoms. The number of amides is 1. The highest BCUT2D eigenvalue weighted by Gasteiger charge is 2.05. The first kappa shape index (κ1) is 14.7. The maximum absolute atomic E-state index is 11.9. The lowest BCUT2D eigenvalue weighted by atomic mass is 10.1. The second-order valence-corrected chi connectivity index (χ2v) is 4.55. The van der Waals surface area contributed by atoms with Crippen LogP contribution in [0.1, 0.15) is 22.8 Å². The molecule has 4 nitrogen and oxygen atoms in total. The average Bonchev–Trinajstić information content (AvgIpc) is 2.34. The largest absolute Gasteiger partial charge is 0.351 e. The summed E-state index contributed by atoms with van der Waals surface area (Å²) in [5.74, 6) is -0.00601. The summed E-state index contributed by atoms with van der Waals surface area (Å²) in [6, 6.07) is 7.76. The monoisotopic (exact) mass is 249 g/mol. The number of hydrogen-bond acceptors (Lipinski definition) is 3. The topological polar surface area (TPSA) is 44.4 Å². The summed E-state index contributed by atoms with van der Waals surface area (Å²) in [5.41, 5.74) is 1.88. The van der Waals surface area contributed by atoms with Crippen molar-refractivity contribution in [3.63, 3.8) is 0 Å². The molecule has 4 heteroatoms. The molecule has 0 atom stereocenters. The van der Waals surface area contributed by atoms with Crippen molar-refractivity contribution < 1.29 is 4.79 Å². The molecule has 100 valence electrons. The Bertz CT molecular complexity index is 377. The highest BCUT2D eigenvalue weighted by atomic mass is 16.1. The van der Waals surface area contributed by atoms with Crippen molar-refractivity contribution in [2.24, 2.45) is 0 Å². The molecule has 0 saturated heterocycles. The van der Waals surface area contributed by atoms with E-state index in [4.69, 9.17) is 0 Å². The van der Waals surface area contributed by atoms with Gasteiger partial charge >= 0.3 is 0 Å². The van der Waals surface area contributed by atoms with Gasteiger partial charge in [-0.05, 0) is 38.3 Å². The molecule has 2 N–H and O–H groups in total. The van der Waals surface area contributed by atoms with Crippen LogP contribution >= 0.6 is 0 Å². The molecule has 18 heavy (non-hydrogen) atoms. The van der Waals surface area contributed by atoms with E-state index < -0.39 is 0 Å². The van der Waals surface area contributed by atoms with Crippen LogP contribution in [0.2, 0.25) is 0 Å². The molecule has 0 aromatic heterocycles. The van der Waals surface area contributed by atoms with Crippen molar-refractivity contribution in [2.45, 2.75) is 13.5 Å². The van der Waals surface area contributed by atoms with E-state index in [1.54, 1.807) is 0 Å². The summed E-state index contributed by atoms with van der Waals surface area (Å²) in [4.78, 5) is 14.0. The molecule has 0 aliphatic rings. The summed E-state index contributed by atoms with van der Waals surface area (Å²) in [6.45, 7) is 5.28. The Balaban J connectivity index is 2.51. The van der Waals surface area contributed by atoms with E-state index in [2.05, 4.69) is 15.5 Å². The molecule has 0 unspecified atom stereocenters. The number of hydrogen-bond donors (Lipinski definition) is 2. The Morgan fingerprint density at radius 1 is 1.28 bits per heavy atom. The van der Waals surface area contributed by atoms with E-state index in [9.17, 15) is 4.79 Å². The van der Waals surface area contributed by atoms with Gasteiger partial charge in [0.25, 0.3) is 5.91 Å². The Morgan fingerprint density at radius 2 is 2.06 bits per heavy atom. The van der Waals surface area contributed by atoms with Gasteiger partial charge in [-0.1, -0.05) is 19.1 Å². The third-order valence-electron chi connectivity index (χ3n) is 2.53. The van der Waals surface area contributed by atoms with Gasteiger partial charge in [0.05, 0.1) is 0 Å². The van der Waals surface area contributed by atoms with Crippen LogP contribution < -0.4 is 10.6 Å². The molecule has 1 aromatic carbocycles. The summed E-state index contributed by atoms with van der Waals surface area (Å²) in [7, 11) is 4.03. The fourth-order valence-corrected chi connectivity index (χ4v) is 1.72. The molecule has 1 amide bonds. The molecular weight excluding hydrogens is 226 g/mol. The predicted octanol–water partition coefficient (Wildman–Crippen LogP) is 1.09. The fraction of sp³-hybridized carbons (Fsp3) is 0.500. The smallest absolute Gasteiger partial charge is 0.251 e. The van der Waals surface area contributed by atoms with E-state index in [1.165, 1.54) is 0 Å². The van der Waals surface area contributed by atoms with Crippen molar-refractivity contribution >= 4 is 5.91 Å². The zero-order chi connectivity index (χ0) is 13.4. The predicted molar refractivity (Wildman–Crippen MR) is 74.7 cm³/mol. The van der Waals surface area contributed by atoms with Gasteiger partial charge in [-0.3, -0.25) is 4.79 Å². The van der Waals surface area contributed by atoms with E-state index in [1.807, 2.05) is 45.3 Å². The minimum absolute atomic E-state index is 0.00601. The van der Waals surface area contributed by atoms with E-state index in [0.717, 1.165) is 30.8 Å². The number of carbonyl (C=O) groups is 1. The molecule has 0 heterocycles. The minimum Gasteiger partial charge on any atom is -0.351 e. The third-order valence-corrected chi connectivity index (χ3v) is 2.53. The van der Waals surface area contributed by atoms with Gasteiger partial charge in [0, 0.05) is 25.2 Å². The zero-order valence-corrected chi connectivity index (χ0v) is 11.5. The fourth-order valence-electron chi connectivity index (χ4n) is 1.72. The Morgan fingerprint density at radius 3 is 2.72 bits per heavy atom. The number of nitrogens with zero attached hydrogens (tertiary/aromatic N) is 1. The highest BCUT2D eigenvalue weighted by molar-refractivity contribution is 5.94. The van der Waals surface area contributed by atoms with Gasteiger partial charge in [-0.2, -0.15) is 0 Å². The molecule has 1 aromatic rings. The van der Waals surface area contributed by atoms with Crippen molar-refractivity contribution in [1.82, 2.24) is 15.5 Å². The Hall–Kier alpha value is -1.39. The van der Waals surface area contributed by atoms with Crippen LogP contribution in [0.25, 0.3) is 0 Å². The quantitative estimate of drug-likeness (QED) is 0.711. The maximum Gasteiger partial charge on any atom is 0.251 e. The van der Waals surface area contributed by atoms with Gasteiger partial charge in [0.15, 0.2) is 0 Å². The Labute approximate surface area is 109 Å². The van der Waals surface area contributed by atoms with Crippen LogP contribution in [0.15, 0.2) is 24.3 Å². The highest BCUT2D eigenvalue weighted by Crippen LogP contribution is 2.06. The normalized spacial score (nSPS) is 10.7. The molecular formula is C14H23N3O. The van der Waals surface area contributed by atoms with Gasteiger partial charge < -0.3 is 15.5 Å². The molecule has 0 aliphatic carbocycles. The first-order valence-corrected chi connectivity index (χ1v) is 6.36. The SMILES string of the molecule is CCNCCNC(=O)c1cccc(CN(C)C)c1. The lowest BCUT2D eigenvalue weighted by Gasteiger charge is -2.11. The van der Waals surface area contributed by atoms with Gasteiger partial charge in [-0.15, -0.1) is 0 Å². The van der Waals surface area contributed by atoms with Crippen LogP contribution in [-0.2, 0) is 6.54 Å². The average molecular weight is 249 g/mol. The summed E-state index contributed by atoms with van der Waals surface area (Å²) in [5, 5.41) is 6.07. The minimum atomic E-state index is -0.00601. The number of benzene rings is 1. The summed E-state index contributed by atoms with van der Waals surface area (Å²) < 4.78 is 0. The summed E-state index contributed by atoms with van der Waals surface area (Å²) >= 11 is 0. The van der Waals surface area contributed by atoms with Crippen LogP contribution in [-0.4, -0.2) is 44.5 Å². The zero-order valence-electron chi connectivity index (χ0n) is 11.5. The lowest BCUT2D eigenvalue weighted by Crippen LogP contribution is -2.31. The van der Waals surface area contributed by atoms with Crippen LogP contribution in [0.3, 0.4) is 0 Å². The molecule has 0 fully saturated rings. The Kier molecular flexibility index (Phi) is 6.39. The molecule has 0 bridgehead atoms. The lowest BCUT2D eigenvalue weighted by molar-refractivity contribution is 0.0954. The van der Waals surface area contributed by atoms with E-state index in [-0.39, 0.29) is 5.91 Å². The molecule has 0 saturated carbocycles. The van der Waals surface area contributed by atoms with Crippen molar-refractivity contribution in [1.29, 1.82) is 0 Å². The van der Waals surface area contributed by atoms with Crippen molar-refractivity contribution in [3.8, 4) is 0 Å². The number of carbonyl (C=O) groups excluding carboxylic acids is 1. The summed E-state index contributed by atoms with van der Waals surface area (Å²) in [6.07, 6.45) is 0. The first-order chi connectivity index (χ1) is 8.63. The van der Waals surface area contributed by atoms with Gasteiger partial charge in [-0.25, -0.2) is 0 Å². The second kappa shape index (κ2) is 7.84.